The van der Waals surface area contributed by atoms with Gasteiger partial charge < -0.3 is 5.32 Å². The fourth-order valence-corrected chi connectivity index (χ4v) is 5.48. The monoisotopic (exact) mass is 429 g/mol. The van der Waals surface area contributed by atoms with Crippen molar-refractivity contribution in [3.63, 3.8) is 0 Å². The van der Waals surface area contributed by atoms with Crippen LogP contribution in [-0.2, 0) is 16.4 Å². The van der Waals surface area contributed by atoms with Crippen LogP contribution < -0.4 is 5.32 Å². The van der Waals surface area contributed by atoms with Crippen LogP contribution in [0.1, 0.15) is 41.7 Å². The first-order valence-electron chi connectivity index (χ1n) is 9.26. The third-order valence-corrected chi connectivity index (χ3v) is 7.30. The maximum atomic E-state index is 12.8. The van der Waals surface area contributed by atoms with Crippen molar-refractivity contribution < 1.29 is 26.4 Å². The van der Waals surface area contributed by atoms with Crippen molar-refractivity contribution in [3.05, 3.63) is 47.8 Å². The van der Waals surface area contributed by atoms with Gasteiger partial charge in [-0.15, -0.1) is 0 Å². The topological polar surface area (TPSA) is 81.1 Å². The van der Waals surface area contributed by atoms with Crippen molar-refractivity contribution in [1.29, 1.82) is 0 Å². The second-order valence-corrected chi connectivity index (χ2v) is 9.53. The Hall–Kier alpha value is -2.36. The van der Waals surface area contributed by atoms with Crippen LogP contribution in [0, 0.1) is 6.92 Å². The summed E-state index contributed by atoms with van der Waals surface area (Å²) in [6, 6.07) is 7.70. The van der Waals surface area contributed by atoms with E-state index in [1.807, 2.05) is 13.0 Å². The number of halogens is 3. The van der Waals surface area contributed by atoms with Crippen molar-refractivity contribution in [2.45, 2.75) is 61.5 Å². The van der Waals surface area contributed by atoms with E-state index in [-0.39, 0.29) is 11.7 Å². The predicted octanol–water partition coefficient (Wildman–Crippen LogP) is 3.27. The highest BCUT2D eigenvalue weighted by atomic mass is 32.2. The van der Waals surface area contributed by atoms with E-state index in [1.54, 1.807) is 18.2 Å². The molecule has 1 heterocycles. The van der Waals surface area contributed by atoms with Crippen molar-refractivity contribution >= 4 is 15.7 Å². The minimum Gasteiger partial charge on any atom is -0.348 e. The number of amides is 1. The van der Waals surface area contributed by atoms with E-state index in [0.29, 0.717) is 35.3 Å². The average molecular weight is 429 g/mol. The minimum atomic E-state index is -4.48. The molecular formula is C19H22F3N3O3S. The molecule has 1 N–H and O–H groups in total. The summed E-state index contributed by atoms with van der Waals surface area (Å²) in [5, 5.41) is 5.73. The van der Waals surface area contributed by atoms with Gasteiger partial charge >= 0.3 is 6.18 Å². The summed E-state index contributed by atoms with van der Waals surface area (Å²) >= 11 is 0. The number of hydrogen-bond donors (Lipinski definition) is 1. The number of carbonyl (C=O) groups excluding carboxylic acids is 1. The maximum Gasteiger partial charge on any atom is 0.408 e. The zero-order valence-electron chi connectivity index (χ0n) is 15.8. The van der Waals surface area contributed by atoms with Crippen LogP contribution in [0.4, 0.5) is 13.2 Å². The van der Waals surface area contributed by atoms with Gasteiger partial charge in [-0.3, -0.25) is 9.48 Å². The number of nitrogens with zero attached hydrogens (tertiary/aromatic N) is 2. The van der Waals surface area contributed by atoms with Gasteiger partial charge in [-0.1, -0.05) is 12.1 Å². The number of hydrogen-bond acceptors (Lipinski definition) is 4. The van der Waals surface area contributed by atoms with Crippen LogP contribution >= 0.6 is 0 Å². The van der Waals surface area contributed by atoms with Gasteiger partial charge in [-0.2, -0.15) is 18.3 Å². The van der Waals surface area contributed by atoms with E-state index in [0.717, 1.165) is 11.8 Å². The lowest BCUT2D eigenvalue weighted by molar-refractivity contribution is -0.142. The lowest BCUT2D eigenvalue weighted by atomic mass is 9.95. The number of nitrogens with one attached hydrogen (secondary N) is 1. The highest BCUT2D eigenvalue weighted by Gasteiger charge is 2.34. The molecule has 29 heavy (non-hydrogen) atoms. The minimum absolute atomic E-state index is 0.170. The molecule has 0 atom stereocenters. The third-order valence-electron chi connectivity index (χ3n) is 5.04. The SMILES string of the molecule is Cc1cccc(S(=O)(=O)C2CCC(NC(=O)c3ccnn3CC(F)(F)F)CC2)c1. The molecule has 10 heteroatoms. The molecule has 1 saturated carbocycles. The molecule has 1 aromatic heterocycles. The highest BCUT2D eigenvalue weighted by molar-refractivity contribution is 7.92. The van der Waals surface area contributed by atoms with Crippen LogP contribution in [0.2, 0.25) is 0 Å². The molecule has 0 aliphatic heterocycles. The second kappa shape index (κ2) is 8.17. The molecule has 3 rings (SSSR count). The third kappa shape index (κ3) is 5.17. The van der Waals surface area contributed by atoms with Crippen LogP contribution in [0.15, 0.2) is 41.4 Å². The molecular weight excluding hydrogens is 407 g/mol. The molecule has 6 nitrogen and oxygen atoms in total. The maximum absolute atomic E-state index is 12.8. The summed E-state index contributed by atoms with van der Waals surface area (Å²) in [4.78, 5) is 12.7. The molecule has 0 bridgehead atoms. The summed E-state index contributed by atoms with van der Waals surface area (Å²) in [5.74, 6) is -0.642. The van der Waals surface area contributed by atoms with Gasteiger partial charge in [0.2, 0.25) is 0 Å². The van der Waals surface area contributed by atoms with E-state index in [2.05, 4.69) is 10.4 Å². The van der Waals surface area contributed by atoms with Gasteiger partial charge in [0, 0.05) is 12.2 Å². The Kier molecular flexibility index (Phi) is 6.02. The molecule has 0 spiro atoms. The van der Waals surface area contributed by atoms with Gasteiger partial charge in [0.15, 0.2) is 9.84 Å². The molecule has 1 aromatic carbocycles. The van der Waals surface area contributed by atoms with Crippen molar-refractivity contribution in [1.82, 2.24) is 15.1 Å². The number of benzene rings is 1. The standard InChI is InChI=1S/C19H22F3N3O3S/c1-13-3-2-4-16(11-13)29(27,28)15-7-5-14(6-8-15)24-18(26)17-9-10-23-25(17)12-19(20,21)22/h2-4,9-11,14-15H,5-8,12H2,1H3,(H,24,26). The summed E-state index contributed by atoms with van der Waals surface area (Å²) < 4.78 is 64.0. The van der Waals surface area contributed by atoms with Crippen LogP contribution in [0.3, 0.4) is 0 Å². The molecule has 1 aliphatic carbocycles. The molecule has 0 unspecified atom stereocenters. The summed E-state index contributed by atoms with van der Waals surface area (Å²) in [5.41, 5.74) is 0.694. The number of rotatable bonds is 5. The molecule has 1 fully saturated rings. The molecule has 1 amide bonds. The normalized spacial score (nSPS) is 20.4. The first-order chi connectivity index (χ1) is 13.6. The highest BCUT2D eigenvalue weighted by Crippen LogP contribution is 2.29. The van der Waals surface area contributed by atoms with E-state index < -0.39 is 33.7 Å². The van der Waals surface area contributed by atoms with Gasteiger partial charge in [-0.25, -0.2) is 8.42 Å². The first-order valence-corrected chi connectivity index (χ1v) is 10.8. The Labute approximate surface area is 167 Å². The van der Waals surface area contributed by atoms with Crippen molar-refractivity contribution in [3.8, 4) is 0 Å². The Balaban J connectivity index is 1.60. The molecule has 0 radical (unpaired) electrons. The fraction of sp³-hybridized carbons (Fsp3) is 0.474. The predicted molar refractivity (Wildman–Crippen MR) is 100 cm³/mol. The Morgan fingerprint density at radius 1 is 1.21 bits per heavy atom. The zero-order chi connectivity index (χ0) is 21.2. The van der Waals surface area contributed by atoms with Gasteiger partial charge in [0.05, 0.1) is 10.1 Å². The Morgan fingerprint density at radius 2 is 1.90 bits per heavy atom. The molecule has 1 aliphatic rings. The summed E-state index contributed by atoms with van der Waals surface area (Å²) in [6.45, 7) is 0.485. The summed E-state index contributed by atoms with van der Waals surface area (Å²) in [6.07, 6.45) is -1.70. The number of alkyl halides is 3. The van der Waals surface area contributed by atoms with E-state index in [9.17, 15) is 26.4 Å². The van der Waals surface area contributed by atoms with Crippen LogP contribution in [0.25, 0.3) is 0 Å². The van der Waals surface area contributed by atoms with Gasteiger partial charge in [0.1, 0.15) is 12.2 Å². The number of aryl methyl sites for hydroxylation is 1. The van der Waals surface area contributed by atoms with Gasteiger partial charge in [0.25, 0.3) is 5.91 Å². The van der Waals surface area contributed by atoms with Crippen LogP contribution in [-0.4, -0.2) is 41.6 Å². The van der Waals surface area contributed by atoms with Crippen molar-refractivity contribution in [2.75, 3.05) is 0 Å². The molecule has 2 aromatic rings. The fourth-order valence-electron chi connectivity index (χ4n) is 3.58. The van der Waals surface area contributed by atoms with E-state index >= 15 is 0 Å². The van der Waals surface area contributed by atoms with Gasteiger partial charge in [-0.05, 0) is 56.4 Å². The first kappa shape index (κ1) is 21.4. The van der Waals surface area contributed by atoms with E-state index in [4.69, 9.17) is 0 Å². The lowest BCUT2D eigenvalue weighted by Gasteiger charge is -2.29. The quantitative estimate of drug-likeness (QED) is 0.791. The molecule has 158 valence electrons. The number of carbonyl (C=O) groups is 1. The molecule has 0 saturated heterocycles. The summed E-state index contributed by atoms with van der Waals surface area (Å²) in [7, 11) is -3.46. The second-order valence-electron chi connectivity index (χ2n) is 7.30. The Bertz CT molecular complexity index is 978. The van der Waals surface area contributed by atoms with E-state index in [1.165, 1.54) is 6.07 Å². The number of sulfone groups is 1. The van der Waals surface area contributed by atoms with Crippen LogP contribution in [0.5, 0.6) is 0 Å². The van der Waals surface area contributed by atoms with Crippen molar-refractivity contribution in [2.24, 2.45) is 0 Å². The largest absolute Gasteiger partial charge is 0.408 e. The zero-order valence-corrected chi connectivity index (χ0v) is 16.6. The lowest BCUT2D eigenvalue weighted by Crippen LogP contribution is -2.41. The number of aromatic nitrogens is 2. The average Bonchev–Trinajstić information content (AvgIpc) is 3.08. The Morgan fingerprint density at radius 3 is 2.52 bits per heavy atom. The smallest absolute Gasteiger partial charge is 0.348 e.